The fourth-order valence-corrected chi connectivity index (χ4v) is 2.46. The number of ether oxygens (including phenoxy) is 1. The van der Waals surface area contributed by atoms with Crippen molar-refractivity contribution in [2.24, 2.45) is 5.73 Å². The van der Waals surface area contributed by atoms with Crippen molar-refractivity contribution in [2.45, 2.75) is 26.3 Å². The van der Waals surface area contributed by atoms with Gasteiger partial charge in [-0.05, 0) is 60.7 Å². The lowest BCUT2D eigenvalue weighted by Gasteiger charge is -2.17. The van der Waals surface area contributed by atoms with Crippen LogP contribution in [-0.2, 0) is 6.42 Å². The molecule has 112 valence electrons. The van der Waals surface area contributed by atoms with Gasteiger partial charge in [-0.25, -0.2) is 8.78 Å². The Morgan fingerprint density at radius 2 is 1.76 bits per heavy atom. The molecule has 0 bridgehead atoms. The Morgan fingerprint density at radius 1 is 1.05 bits per heavy atom. The van der Waals surface area contributed by atoms with E-state index < -0.39 is 11.6 Å². The molecule has 1 atom stereocenters. The molecular formula is C17H19F2NO. The zero-order chi connectivity index (χ0) is 15.6. The number of hydrogen-bond donors (Lipinski definition) is 1. The van der Waals surface area contributed by atoms with Crippen molar-refractivity contribution in [1.29, 1.82) is 0 Å². The van der Waals surface area contributed by atoms with Crippen LogP contribution in [0.1, 0.15) is 28.3 Å². The van der Waals surface area contributed by atoms with E-state index in [1.807, 2.05) is 26.0 Å². The smallest absolute Gasteiger partial charge is 0.159 e. The summed E-state index contributed by atoms with van der Waals surface area (Å²) in [6, 6.07) is 7.53. The Labute approximate surface area is 123 Å². The van der Waals surface area contributed by atoms with Crippen molar-refractivity contribution in [3.63, 3.8) is 0 Å². The number of aryl methyl sites for hydroxylation is 2. The largest absolute Gasteiger partial charge is 0.496 e. The van der Waals surface area contributed by atoms with Gasteiger partial charge in [-0.1, -0.05) is 12.1 Å². The topological polar surface area (TPSA) is 35.2 Å². The van der Waals surface area contributed by atoms with E-state index >= 15 is 0 Å². The van der Waals surface area contributed by atoms with Crippen LogP contribution in [0.5, 0.6) is 5.75 Å². The lowest BCUT2D eigenvalue weighted by molar-refractivity contribution is 0.411. The van der Waals surface area contributed by atoms with Crippen LogP contribution < -0.4 is 10.5 Å². The number of rotatable bonds is 4. The van der Waals surface area contributed by atoms with E-state index in [2.05, 4.69) is 0 Å². The molecule has 2 N–H and O–H groups in total. The van der Waals surface area contributed by atoms with Crippen LogP contribution in [0.25, 0.3) is 0 Å². The predicted octanol–water partition coefficient (Wildman–Crippen LogP) is 3.83. The molecule has 2 nitrogen and oxygen atoms in total. The average molecular weight is 291 g/mol. The highest BCUT2D eigenvalue weighted by atomic mass is 19.2. The van der Waals surface area contributed by atoms with Gasteiger partial charge in [0.2, 0.25) is 0 Å². The molecule has 0 radical (unpaired) electrons. The highest BCUT2D eigenvalue weighted by molar-refractivity contribution is 5.43. The Kier molecular flexibility index (Phi) is 4.58. The third kappa shape index (κ3) is 3.39. The first-order valence-electron chi connectivity index (χ1n) is 6.77. The van der Waals surface area contributed by atoms with Crippen molar-refractivity contribution in [2.75, 3.05) is 7.11 Å². The van der Waals surface area contributed by atoms with E-state index in [0.717, 1.165) is 28.5 Å². The summed E-state index contributed by atoms with van der Waals surface area (Å²) in [4.78, 5) is 0. The first-order chi connectivity index (χ1) is 9.92. The van der Waals surface area contributed by atoms with Crippen LogP contribution in [0.15, 0.2) is 30.3 Å². The van der Waals surface area contributed by atoms with E-state index in [1.165, 1.54) is 6.07 Å². The Morgan fingerprint density at radius 3 is 2.38 bits per heavy atom. The highest BCUT2D eigenvalue weighted by Crippen LogP contribution is 2.27. The summed E-state index contributed by atoms with van der Waals surface area (Å²) in [7, 11) is 1.63. The molecule has 21 heavy (non-hydrogen) atoms. The fourth-order valence-electron chi connectivity index (χ4n) is 2.46. The maximum atomic E-state index is 13.2. The fraction of sp³-hybridized carbons (Fsp3) is 0.294. The molecule has 2 aromatic carbocycles. The van der Waals surface area contributed by atoms with Gasteiger partial charge in [-0.3, -0.25) is 0 Å². The molecule has 0 heterocycles. The summed E-state index contributed by atoms with van der Waals surface area (Å²) < 4.78 is 31.5. The molecule has 0 aliphatic rings. The molecule has 0 aliphatic carbocycles. The van der Waals surface area contributed by atoms with Gasteiger partial charge >= 0.3 is 0 Å². The Bertz CT molecular complexity index is 655. The normalized spacial score (nSPS) is 12.3. The molecule has 4 heteroatoms. The first-order valence-corrected chi connectivity index (χ1v) is 6.77. The molecule has 2 aromatic rings. The van der Waals surface area contributed by atoms with Crippen molar-refractivity contribution >= 4 is 0 Å². The molecule has 0 spiro atoms. The summed E-state index contributed by atoms with van der Waals surface area (Å²) in [6.45, 7) is 3.91. The summed E-state index contributed by atoms with van der Waals surface area (Å²) in [5.74, 6) is -0.873. The second-order valence-corrected chi connectivity index (χ2v) is 5.24. The maximum absolute atomic E-state index is 13.2. The molecule has 0 aliphatic heterocycles. The van der Waals surface area contributed by atoms with Crippen LogP contribution in [0, 0.1) is 25.5 Å². The minimum atomic E-state index is -0.845. The van der Waals surface area contributed by atoms with Gasteiger partial charge < -0.3 is 10.5 Å². The van der Waals surface area contributed by atoms with Gasteiger partial charge in [0, 0.05) is 6.04 Å². The second kappa shape index (κ2) is 6.22. The average Bonchev–Trinajstić information content (AvgIpc) is 2.44. The molecule has 0 fully saturated rings. The third-order valence-electron chi connectivity index (χ3n) is 3.62. The summed E-state index contributed by atoms with van der Waals surface area (Å²) in [5, 5.41) is 0. The van der Waals surface area contributed by atoms with Crippen molar-refractivity contribution < 1.29 is 13.5 Å². The van der Waals surface area contributed by atoms with E-state index in [0.29, 0.717) is 12.0 Å². The van der Waals surface area contributed by atoms with Gasteiger partial charge in [-0.15, -0.1) is 0 Å². The Balaban J connectivity index is 2.25. The lowest BCUT2D eigenvalue weighted by Crippen LogP contribution is -2.15. The SMILES string of the molecule is COc1cc(C)c(C(N)Cc2ccc(F)c(F)c2)cc1C. The van der Waals surface area contributed by atoms with Crippen LogP contribution in [0.3, 0.4) is 0 Å². The summed E-state index contributed by atoms with van der Waals surface area (Å²) in [6.07, 6.45) is 0.448. The molecule has 0 saturated carbocycles. The predicted molar refractivity (Wildman–Crippen MR) is 79.5 cm³/mol. The van der Waals surface area contributed by atoms with Crippen LogP contribution >= 0.6 is 0 Å². The van der Waals surface area contributed by atoms with Crippen molar-refractivity contribution in [3.8, 4) is 5.75 Å². The maximum Gasteiger partial charge on any atom is 0.159 e. The minimum absolute atomic E-state index is 0.278. The van der Waals surface area contributed by atoms with E-state index in [1.54, 1.807) is 13.2 Å². The van der Waals surface area contributed by atoms with Crippen LogP contribution in [0.4, 0.5) is 8.78 Å². The van der Waals surface area contributed by atoms with Gasteiger partial charge in [0.05, 0.1) is 7.11 Å². The quantitative estimate of drug-likeness (QED) is 0.929. The lowest BCUT2D eigenvalue weighted by atomic mass is 9.94. The molecule has 0 amide bonds. The molecule has 0 aromatic heterocycles. The third-order valence-corrected chi connectivity index (χ3v) is 3.62. The highest BCUT2D eigenvalue weighted by Gasteiger charge is 2.13. The number of methoxy groups -OCH3 is 1. The van der Waals surface area contributed by atoms with Gasteiger partial charge in [-0.2, -0.15) is 0 Å². The molecular weight excluding hydrogens is 272 g/mol. The van der Waals surface area contributed by atoms with E-state index in [9.17, 15) is 8.78 Å². The first kappa shape index (κ1) is 15.4. The zero-order valence-corrected chi connectivity index (χ0v) is 12.4. The van der Waals surface area contributed by atoms with Crippen molar-refractivity contribution in [3.05, 3.63) is 64.2 Å². The van der Waals surface area contributed by atoms with Crippen molar-refractivity contribution in [1.82, 2.24) is 0 Å². The number of halogens is 2. The Hall–Kier alpha value is -1.94. The molecule has 0 saturated heterocycles. The monoisotopic (exact) mass is 291 g/mol. The standard InChI is InChI=1S/C17H19F2NO/c1-10-7-17(21-3)11(2)6-13(10)16(20)9-12-4-5-14(18)15(19)8-12/h4-8,16H,9,20H2,1-3H3. The van der Waals surface area contributed by atoms with E-state index in [-0.39, 0.29) is 6.04 Å². The summed E-state index contributed by atoms with van der Waals surface area (Å²) in [5.41, 5.74) is 9.90. The van der Waals surface area contributed by atoms with Crippen LogP contribution in [0.2, 0.25) is 0 Å². The number of hydrogen-bond acceptors (Lipinski definition) is 2. The number of benzene rings is 2. The van der Waals surface area contributed by atoms with Gasteiger partial charge in [0.1, 0.15) is 5.75 Å². The number of nitrogens with two attached hydrogens (primary N) is 1. The zero-order valence-electron chi connectivity index (χ0n) is 12.4. The second-order valence-electron chi connectivity index (χ2n) is 5.24. The van der Waals surface area contributed by atoms with Gasteiger partial charge in [0.15, 0.2) is 11.6 Å². The van der Waals surface area contributed by atoms with E-state index in [4.69, 9.17) is 10.5 Å². The summed E-state index contributed by atoms with van der Waals surface area (Å²) >= 11 is 0. The van der Waals surface area contributed by atoms with Gasteiger partial charge in [0.25, 0.3) is 0 Å². The minimum Gasteiger partial charge on any atom is -0.496 e. The molecule has 2 rings (SSSR count). The molecule has 1 unspecified atom stereocenters. The van der Waals surface area contributed by atoms with Crippen LogP contribution in [-0.4, -0.2) is 7.11 Å².